The number of nitrogens with zero attached hydrogens (tertiary/aromatic N) is 2. The molecule has 0 unspecified atom stereocenters. The van der Waals surface area contributed by atoms with Gasteiger partial charge in [0.15, 0.2) is 0 Å². The van der Waals surface area contributed by atoms with Crippen LogP contribution in [0.15, 0.2) is 30.3 Å². The van der Waals surface area contributed by atoms with Crippen LogP contribution in [0.1, 0.15) is 44.0 Å². The normalized spacial score (nSPS) is 17.0. The number of benzene rings is 1. The summed E-state index contributed by atoms with van der Waals surface area (Å²) < 4.78 is 34.8. The minimum Gasteiger partial charge on any atom is -0.491 e. The minimum atomic E-state index is -0.732. The zero-order valence-electron chi connectivity index (χ0n) is 22.4. The van der Waals surface area contributed by atoms with Gasteiger partial charge in [-0.2, -0.15) is 0 Å². The molecule has 1 heterocycles. The van der Waals surface area contributed by atoms with Gasteiger partial charge in [0.25, 0.3) is 5.91 Å². The van der Waals surface area contributed by atoms with E-state index in [9.17, 15) is 13.6 Å². The Morgan fingerprint density at radius 2 is 1.97 bits per heavy atom. The highest BCUT2D eigenvalue weighted by molar-refractivity contribution is 8.01. The number of carbonyl (C=O) groups is 1. The predicted molar refractivity (Wildman–Crippen MR) is 151 cm³/mol. The number of halogens is 2. The molecule has 1 aromatic heterocycles. The van der Waals surface area contributed by atoms with Crippen molar-refractivity contribution < 1.29 is 18.3 Å². The van der Waals surface area contributed by atoms with Gasteiger partial charge in [-0.05, 0) is 55.3 Å². The number of hydrogen-bond acceptors (Lipinski definition) is 7. The van der Waals surface area contributed by atoms with Gasteiger partial charge >= 0.3 is 0 Å². The third-order valence-corrected chi connectivity index (χ3v) is 7.03. The van der Waals surface area contributed by atoms with E-state index in [-0.39, 0.29) is 18.3 Å². The lowest BCUT2D eigenvalue weighted by atomic mass is 10.1. The molecule has 1 aliphatic carbocycles. The third kappa shape index (κ3) is 9.69. The fraction of sp³-hybridized carbons (Fsp3) is 0.500. The molecule has 1 amide bonds. The molecule has 0 saturated heterocycles. The molecule has 38 heavy (non-hydrogen) atoms. The van der Waals surface area contributed by atoms with E-state index in [1.54, 1.807) is 24.1 Å². The van der Waals surface area contributed by atoms with Crippen LogP contribution in [0.5, 0.6) is 5.75 Å². The Hall–Kier alpha value is -3.03. The van der Waals surface area contributed by atoms with E-state index >= 15 is 0 Å². The maximum absolute atomic E-state index is 13.6. The van der Waals surface area contributed by atoms with Gasteiger partial charge in [-0.3, -0.25) is 4.79 Å². The van der Waals surface area contributed by atoms with Crippen LogP contribution >= 0.6 is 11.9 Å². The van der Waals surface area contributed by atoms with E-state index in [1.807, 2.05) is 11.4 Å². The number of ether oxygens (including phenoxy) is 1. The van der Waals surface area contributed by atoms with Crippen molar-refractivity contribution >= 4 is 29.5 Å². The molecule has 206 valence electrons. The second kappa shape index (κ2) is 14.2. The summed E-state index contributed by atoms with van der Waals surface area (Å²) in [5.41, 5.74) is 0.455. The maximum Gasteiger partial charge on any atom is 0.251 e. The van der Waals surface area contributed by atoms with E-state index < -0.39 is 17.7 Å². The number of nitrogens with one attached hydrogen (secondary N) is 3. The molecule has 0 aliphatic heterocycles. The van der Waals surface area contributed by atoms with Crippen LogP contribution in [0.25, 0.3) is 0 Å². The standard InChI is InChI=1S/C28H37F2N5O2S/c1-6-8-31-9-7-24(17-37-25-14-22(29)13-23(30)15-25)33-28(36)20-11-26(32-16-21-10-19(21)4)34-27(12-20)35(5)38-18(2)3/h1,11-15,18-19,21,24,31H,7-10,16-17H2,2-5H3,(H,32,34)(H,33,36)/t19-,21+,24+/m0/s1. The molecule has 0 spiro atoms. The Morgan fingerprint density at radius 3 is 2.61 bits per heavy atom. The van der Waals surface area contributed by atoms with Crippen molar-refractivity contribution in [2.24, 2.45) is 11.8 Å². The second-order valence-electron chi connectivity index (χ2n) is 9.86. The molecule has 0 bridgehead atoms. The van der Waals surface area contributed by atoms with Gasteiger partial charge in [0.05, 0.1) is 12.6 Å². The summed E-state index contributed by atoms with van der Waals surface area (Å²) in [6, 6.07) is 6.05. The number of rotatable bonds is 15. The van der Waals surface area contributed by atoms with Crippen LogP contribution in [0, 0.1) is 35.8 Å². The summed E-state index contributed by atoms with van der Waals surface area (Å²) in [6.45, 7) is 8.15. The summed E-state index contributed by atoms with van der Waals surface area (Å²) in [6.07, 6.45) is 6.99. The van der Waals surface area contributed by atoms with Gasteiger partial charge in [-0.1, -0.05) is 26.7 Å². The van der Waals surface area contributed by atoms with Gasteiger partial charge in [0, 0.05) is 42.6 Å². The number of pyridine rings is 1. The summed E-state index contributed by atoms with van der Waals surface area (Å²) in [7, 11) is 1.92. The Balaban J connectivity index is 1.75. The molecule has 1 aliphatic rings. The third-order valence-electron chi connectivity index (χ3n) is 6.11. The van der Waals surface area contributed by atoms with Crippen molar-refractivity contribution in [2.75, 3.05) is 42.9 Å². The highest BCUT2D eigenvalue weighted by atomic mass is 32.2. The molecule has 1 fully saturated rings. The van der Waals surface area contributed by atoms with Crippen molar-refractivity contribution in [2.45, 2.75) is 44.9 Å². The first-order valence-electron chi connectivity index (χ1n) is 12.8. The molecule has 7 nitrogen and oxygen atoms in total. The molecule has 1 saturated carbocycles. The summed E-state index contributed by atoms with van der Waals surface area (Å²) in [5, 5.41) is 9.82. The smallest absolute Gasteiger partial charge is 0.251 e. The monoisotopic (exact) mass is 545 g/mol. The van der Waals surface area contributed by atoms with Gasteiger partial charge in [-0.25, -0.2) is 13.8 Å². The van der Waals surface area contributed by atoms with Gasteiger partial charge in [0.2, 0.25) is 0 Å². The van der Waals surface area contributed by atoms with Crippen molar-refractivity contribution in [3.8, 4) is 18.1 Å². The lowest BCUT2D eigenvalue weighted by Crippen LogP contribution is -2.41. The summed E-state index contributed by atoms with van der Waals surface area (Å²) >= 11 is 1.62. The van der Waals surface area contributed by atoms with Crippen LogP contribution in [-0.2, 0) is 0 Å². The number of carbonyl (C=O) groups excluding carboxylic acids is 1. The predicted octanol–water partition coefficient (Wildman–Crippen LogP) is 4.71. The van der Waals surface area contributed by atoms with E-state index in [1.165, 1.54) is 6.42 Å². The van der Waals surface area contributed by atoms with Crippen molar-refractivity contribution in [1.82, 2.24) is 15.6 Å². The van der Waals surface area contributed by atoms with Crippen LogP contribution in [0.4, 0.5) is 20.4 Å². The Bertz CT molecular complexity index is 1110. The quantitative estimate of drug-likeness (QED) is 0.170. The number of amides is 1. The van der Waals surface area contributed by atoms with Gasteiger partial charge in [0.1, 0.15) is 35.6 Å². The Kier molecular flexibility index (Phi) is 11.0. The first kappa shape index (κ1) is 29.5. The molecule has 10 heteroatoms. The Morgan fingerprint density at radius 1 is 1.26 bits per heavy atom. The molecule has 3 rings (SSSR count). The van der Waals surface area contributed by atoms with Crippen LogP contribution in [0.2, 0.25) is 0 Å². The first-order chi connectivity index (χ1) is 18.1. The van der Waals surface area contributed by atoms with Crippen molar-refractivity contribution in [3.63, 3.8) is 0 Å². The molecular weight excluding hydrogens is 508 g/mol. The number of hydrogen-bond donors (Lipinski definition) is 3. The lowest BCUT2D eigenvalue weighted by molar-refractivity contribution is 0.0918. The fourth-order valence-electron chi connectivity index (χ4n) is 3.90. The number of terminal acetylenes is 1. The zero-order chi connectivity index (χ0) is 27.7. The van der Waals surface area contributed by atoms with Crippen LogP contribution in [0.3, 0.4) is 0 Å². The zero-order valence-corrected chi connectivity index (χ0v) is 23.2. The largest absolute Gasteiger partial charge is 0.491 e. The van der Waals surface area contributed by atoms with Crippen LogP contribution < -0.4 is 25.0 Å². The van der Waals surface area contributed by atoms with Crippen molar-refractivity contribution in [3.05, 3.63) is 47.5 Å². The van der Waals surface area contributed by atoms with Crippen molar-refractivity contribution in [1.29, 1.82) is 0 Å². The average molecular weight is 546 g/mol. The van der Waals surface area contributed by atoms with E-state index in [0.29, 0.717) is 53.8 Å². The molecule has 3 N–H and O–H groups in total. The second-order valence-corrected chi connectivity index (χ2v) is 11.6. The lowest BCUT2D eigenvalue weighted by Gasteiger charge is -2.22. The van der Waals surface area contributed by atoms with E-state index in [4.69, 9.17) is 16.1 Å². The summed E-state index contributed by atoms with van der Waals surface area (Å²) in [5.74, 6) is 3.42. The number of anilines is 2. The molecule has 2 aromatic rings. The highest BCUT2D eigenvalue weighted by Gasteiger charge is 2.32. The minimum absolute atomic E-state index is 0.0259. The fourth-order valence-corrected chi connectivity index (χ4v) is 4.73. The molecular formula is C28H37F2N5O2S. The Labute approximate surface area is 228 Å². The summed E-state index contributed by atoms with van der Waals surface area (Å²) in [4.78, 5) is 18.1. The highest BCUT2D eigenvalue weighted by Crippen LogP contribution is 2.37. The number of aromatic nitrogens is 1. The first-order valence-corrected chi connectivity index (χ1v) is 13.7. The van der Waals surface area contributed by atoms with Gasteiger partial charge in [-0.15, -0.1) is 6.42 Å². The molecule has 3 atom stereocenters. The molecule has 1 aromatic carbocycles. The van der Waals surface area contributed by atoms with E-state index in [0.717, 1.165) is 24.7 Å². The van der Waals surface area contributed by atoms with E-state index in [2.05, 4.69) is 42.6 Å². The molecule has 0 radical (unpaired) electrons. The maximum atomic E-state index is 13.6. The van der Waals surface area contributed by atoms with Gasteiger partial charge < -0.3 is 25.0 Å². The SMILES string of the molecule is C#CCNCC[C@H](COc1cc(F)cc(F)c1)NC(=O)c1cc(NC[C@H]2C[C@@H]2C)nc(N(C)SC(C)C)c1. The topological polar surface area (TPSA) is 78.5 Å². The van der Waals surface area contributed by atoms with Crippen LogP contribution in [-0.4, -0.2) is 55.5 Å². The average Bonchev–Trinajstić information content (AvgIpc) is 3.57.